The van der Waals surface area contributed by atoms with Crippen LogP contribution < -0.4 is 16.4 Å². The Morgan fingerprint density at radius 3 is 1.90 bits per heavy atom. The second-order valence-corrected chi connectivity index (χ2v) is 4.03. The summed E-state index contributed by atoms with van der Waals surface area (Å²) in [6, 6.07) is 11.0. The maximum Gasteiger partial charge on any atom is 0.316 e. The Bertz CT molecular complexity index is 624. The molecule has 4 N–H and O–H groups in total. The fourth-order valence-corrected chi connectivity index (χ4v) is 1.58. The topological polar surface area (TPSA) is 84.2 Å². The number of carbonyl (C=O) groups excluding carboxylic acids is 2. The molecule has 0 heterocycles. The van der Waals surface area contributed by atoms with Gasteiger partial charge in [-0.25, -0.2) is 9.18 Å². The summed E-state index contributed by atoms with van der Waals surface area (Å²) in [4.78, 5) is 22.6. The number of carbonyl (C=O) groups is 2. The van der Waals surface area contributed by atoms with Gasteiger partial charge in [0.15, 0.2) is 0 Å². The first kappa shape index (κ1) is 13.5. The molecule has 3 amide bonds. The van der Waals surface area contributed by atoms with Crippen molar-refractivity contribution in [3.63, 3.8) is 0 Å². The standard InChI is InChI=1S/C14H12FN3O2/c15-10-3-7-11(8-4-10)17-13(19)9-1-5-12(6-2-9)18-14(16)20/h1-8H,(H,17,19)(H3,16,18,20). The number of rotatable bonds is 3. The fraction of sp³-hybridized carbons (Fsp3) is 0. The first-order valence-electron chi connectivity index (χ1n) is 5.78. The first-order valence-corrected chi connectivity index (χ1v) is 5.78. The zero-order chi connectivity index (χ0) is 14.5. The highest BCUT2D eigenvalue weighted by Crippen LogP contribution is 2.13. The number of hydrogen-bond acceptors (Lipinski definition) is 2. The minimum atomic E-state index is -0.673. The normalized spacial score (nSPS) is 9.85. The van der Waals surface area contributed by atoms with Crippen molar-refractivity contribution >= 4 is 23.3 Å². The number of nitrogens with one attached hydrogen (secondary N) is 2. The lowest BCUT2D eigenvalue weighted by atomic mass is 10.2. The lowest BCUT2D eigenvalue weighted by molar-refractivity contribution is 0.102. The van der Waals surface area contributed by atoms with Crippen LogP contribution in [0.1, 0.15) is 10.4 Å². The second kappa shape index (κ2) is 5.83. The fourth-order valence-electron chi connectivity index (χ4n) is 1.58. The number of halogens is 1. The largest absolute Gasteiger partial charge is 0.351 e. The maximum atomic E-state index is 12.7. The van der Waals surface area contributed by atoms with Crippen molar-refractivity contribution in [3.05, 3.63) is 59.9 Å². The number of urea groups is 1. The number of amides is 3. The van der Waals surface area contributed by atoms with Crippen LogP contribution in [0.5, 0.6) is 0 Å². The van der Waals surface area contributed by atoms with E-state index in [1.807, 2.05) is 0 Å². The molecule has 5 nitrogen and oxygen atoms in total. The molecule has 0 aromatic heterocycles. The molecule has 0 aliphatic heterocycles. The number of nitrogens with two attached hydrogens (primary N) is 1. The molecule has 0 unspecified atom stereocenters. The van der Waals surface area contributed by atoms with Gasteiger partial charge in [0.05, 0.1) is 0 Å². The third-order valence-corrected chi connectivity index (χ3v) is 2.52. The molecule has 0 aliphatic carbocycles. The number of benzene rings is 2. The van der Waals surface area contributed by atoms with Crippen molar-refractivity contribution in [1.82, 2.24) is 0 Å². The molecular weight excluding hydrogens is 261 g/mol. The van der Waals surface area contributed by atoms with E-state index in [2.05, 4.69) is 10.6 Å². The van der Waals surface area contributed by atoms with Crippen LogP contribution in [-0.2, 0) is 0 Å². The third-order valence-electron chi connectivity index (χ3n) is 2.52. The van der Waals surface area contributed by atoms with Crippen molar-refractivity contribution in [1.29, 1.82) is 0 Å². The summed E-state index contributed by atoms with van der Waals surface area (Å²) in [5, 5.41) is 5.02. The van der Waals surface area contributed by atoms with Gasteiger partial charge in [-0.15, -0.1) is 0 Å². The molecule has 0 aliphatic rings. The molecule has 102 valence electrons. The van der Waals surface area contributed by atoms with Crippen molar-refractivity contribution in [2.24, 2.45) is 5.73 Å². The SMILES string of the molecule is NC(=O)Nc1ccc(C(=O)Nc2ccc(F)cc2)cc1. The molecule has 0 radical (unpaired) electrons. The molecule has 0 saturated carbocycles. The van der Waals surface area contributed by atoms with Gasteiger partial charge >= 0.3 is 6.03 Å². The van der Waals surface area contributed by atoms with Crippen LogP contribution in [-0.4, -0.2) is 11.9 Å². The van der Waals surface area contributed by atoms with E-state index in [0.29, 0.717) is 16.9 Å². The maximum absolute atomic E-state index is 12.7. The highest BCUT2D eigenvalue weighted by Gasteiger charge is 2.06. The van der Waals surface area contributed by atoms with Gasteiger partial charge in [-0.2, -0.15) is 0 Å². The van der Waals surface area contributed by atoms with Crippen LogP contribution in [0.4, 0.5) is 20.6 Å². The number of primary amides is 1. The lowest BCUT2D eigenvalue weighted by Crippen LogP contribution is -2.19. The summed E-state index contributed by atoms with van der Waals surface area (Å²) in [5.41, 5.74) is 6.38. The molecule has 0 saturated heterocycles. The van der Waals surface area contributed by atoms with E-state index in [9.17, 15) is 14.0 Å². The Balaban J connectivity index is 2.05. The van der Waals surface area contributed by atoms with E-state index in [0.717, 1.165) is 0 Å². The van der Waals surface area contributed by atoms with Gasteiger partial charge in [0.2, 0.25) is 0 Å². The summed E-state index contributed by atoms with van der Waals surface area (Å²) in [7, 11) is 0. The molecule has 2 aromatic carbocycles. The third kappa shape index (κ3) is 3.55. The van der Waals surface area contributed by atoms with Crippen molar-refractivity contribution in [2.75, 3.05) is 10.6 Å². The van der Waals surface area contributed by atoms with E-state index in [1.165, 1.54) is 24.3 Å². The molecule has 0 fully saturated rings. The molecule has 0 atom stereocenters. The Morgan fingerprint density at radius 1 is 0.850 bits per heavy atom. The second-order valence-electron chi connectivity index (χ2n) is 4.03. The monoisotopic (exact) mass is 273 g/mol. The van der Waals surface area contributed by atoms with Gasteiger partial charge in [-0.05, 0) is 48.5 Å². The Labute approximate surface area is 114 Å². The molecule has 2 rings (SSSR count). The van der Waals surface area contributed by atoms with Gasteiger partial charge in [0, 0.05) is 16.9 Å². The quantitative estimate of drug-likeness (QED) is 0.803. The summed E-state index contributed by atoms with van der Waals surface area (Å²) < 4.78 is 12.7. The molecule has 2 aromatic rings. The van der Waals surface area contributed by atoms with Crippen molar-refractivity contribution in [2.45, 2.75) is 0 Å². The lowest BCUT2D eigenvalue weighted by Gasteiger charge is -2.06. The number of anilines is 2. The van der Waals surface area contributed by atoms with E-state index in [1.54, 1.807) is 24.3 Å². The Kier molecular flexibility index (Phi) is 3.95. The zero-order valence-corrected chi connectivity index (χ0v) is 10.4. The minimum Gasteiger partial charge on any atom is -0.351 e. The summed E-state index contributed by atoms with van der Waals surface area (Å²) in [6.07, 6.45) is 0. The first-order chi connectivity index (χ1) is 9.54. The van der Waals surface area contributed by atoms with Gasteiger partial charge in [-0.3, -0.25) is 4.79 Å². The Morgan fingerprint density at radius 2 is 1.35 bits per heavy atom. The smallest absolute Gasteiger partial charge is 0.316 e. The molecular formula is C14H12FN3O2. The van der Waals surface area contributed by atoms with Gasteiger partial charge in [0.25, 0.3) is 5.91 Å². The van der Waals surface area contributed by atoms with Gasteiger partial charge in [-0.1, -0.05) is 0 Å². The molecule has 20 heavy (non-hydrogen) atoms. The van der Waals surface area contributed by atoms with Crippen LogP contribution in [0.25, 0.3) is 0 Å². The highest BCUT2D eigenvalue weighted by molar-refractivity contribution is 6.04. The number of hydrogen-bond donors (Lipinski definition) is 3. The molecule has 0 spiro atoms. The van der Waals surface area contributed by atoms with Crippen LogP contribution >= 0.6 is 0 Å². The highest BCUT2D eigenvalue weighted by atomic mass is 19.1. The minimum absolute atomic E-state index is 0.331. The summed E-state index contributed by atoms with van der Waals surface area (Å²) in [6.45, 7) is 0. The Hall–Kier alpha value is -2.89. The van der Waals surface area contributed by atoms with Gasteiger partial charge < -0.3 is 16.4 Å². The summed E-state index contributed by atoms with van der Waals surface area (Å²) >= 11 is 0. The van der Waals surface area contributed by atoms with E-state index in [4.69, 9.17) is 5.73 Å². The average molecular weight is 273 g/mol. The van der Waals surface area contributed by atoms with Crippen LogP contribution in [0.2, 0.25) is 0 Å². The van der Waals surface area contributed by atoms with Crippen molar-refractivity contribution in [3.8, 4) is 0 Å². The average Bonchev–Trinajstić information content (AvgIpc) is 2.41. The predicted molar refractivity (Wildman–Crippen MR) is 74.0 cm³/mol. The zero-order valence-electron chi connectivity index (χ0n) is 10.4. The van der Waals surface area contributed by atoms with E-state index in [-0.39, 0.29) is 11.7 Å². The predicted octanol–water partition coefficient (Wildman–Crippen LogP) is 2.57. The summed E-state index contributed by atoms with van der Waals surface area (Å²) in [5.74, 6) is -0.702. The van der Waals surface area contributed by atoms with Gasteiger partial charge in [0.1, 0.15) is 5.82 Å². The van der Waals surface area contributed by atoms with E-state index >= 15 is 0 Å². The van der Waals surface area contributed by atoms with E-state index < -0.39 is 6.03 Å². The van der Waals surface area contributed by atoms with Crippen LogP contribution in [0, 0.1) is 5.82 Å². The molecule has 0 bridgehead atoms. The van der Waals surface area contributed by atoms with Crippen molar-refractivity contribution < 1.29 is 14.0 Å². The molecule has 6 heteroatoms. The van der Waals surface area contributed by atoms with Crippen LogP contribution in [0.3, 0.4) is 0 Å². The van der Waals surface area contributed by atoms with Crippen LogP contribution in [0.15, 0.2) is 48.5 Å².